The van der Waals surface area contributed by atoms with E-state index in [0.717, 1.165) is 25.1 Å². The van der Waals surface area contributed by atoms with Crippen LogP contribution in [0.5, 0.6) is 5.75 Å². The standard InChI is InChI=1S/C10H12O2.C8H5NO2/c1-2-7-12-10-5-3-9(8-11)4-6-10;10-7-5-3-1-2-4-6(5)8(11)9-7/h3-6,8H,2,7H2,1H3;1-4H,(H,9,10,11). The van der Waals surface area contributed by atoms with Gasteiger partial charge in [-0.1, -0.05) is 19.1 Å². The zero-order valence-electron chi connectivity index (χ0n) is 12.7. The summed E-state index contributed by atoms with van der Waals surface area (Å²) in [5.74, 6) is 0.221. The molecule has 2 aromatic carbocycles. The van der Waals surface area contributed by atoms with Crippen LogP contribution in [0.1, 0.15) is 44.4 Å². The van der Waals surface area contributed by atoms with Gasteiger partial charge in [0.1, 0.15) is 12.0 Å². The van der Waals surface area contributed by atoms with Crippen molar-refractivity contribution < 1.29 is 19.1 Å². The van der Waals surface area contributed by atoms with Gasteiger partial charge in [0.15, 0.2) is 0 Å². The van der Waals surface area contributed by atoms with Crippen molar-refractivity contribution in [3.8, 4) is 5.75 Å². The van der Waals surface area contributed by atoms with Crippen molar-refractivity contribution in [1.29, 1.82) is 0 Å². The second-order valence-corrected chi connectivity index (χ2v) is 4.86. The Labute approximate surface area is 134 Å². The Hall–Kier alpha value is -2.95. The van der Waals surface area contributed by atoms with Gasteiger partial charge in [-0.3, -0.25) is 19.7 Å². The van der Waals surface area contributed by atoms with Crippen LogP contribution in [0.3, 0.4) is 0 Å². The molecule has 5 heteroatoms. The zero-order valence-corrected chi connectivity index (χ0v) is 12.7. The average Bonchev–Trinajstić information content (AvgIpc) is 2.89. The third kappa shape index (κ3) is 4.26. The van der Waals surface area contributed by atoms with Crippen LogP contribution in [0, 0.1) is 0 Å². The van der Waals surface area contributed by atoms with E-state index in [2.05, 4.69) is 12.2 Å². The molecule has 0 fully saturated rings. The molecular weight excluding hydrogens is 294 g/mol. The van der Waals surface area contributed by atoms with E-state index in [-0.39, 0.29) is 11.8 Å². The fourth-order valence-corrected chi connectivity index (χ4v) is 1.98. The number of aldehydes is 1. The summed E-state index contributed by atoms with van der Waals surface area (Å²) in [4.78, 5) is 32.2. The second-order valence-electron chi connectivity index (χ2n) is 4.86. The molecule has 0 unspecified atom stereocenters. The molecule has 23 heavy (non-hydrogen) atoms. The van der Waals surface area contributed by atoms with Crippen LogP contribution in [0.15, 0.2) is 48.5 Å². The number of nitrogens with one attached hydrogen (secondary N) is 1. The molecule has 0 saturated carbocycles. The number of ether oxygens (including phenoxy) is 1. The van der Waals surface area contributed by atoms with Crippen molar-refractivity contribution in [2.24, 2.45) is 0 Å². The lowest BCUT2D eigenvalue weighted by Gasteiger charge is -2.02. The number of hydrogen-bond donors (Lipinski definition) is 1. The van der Waals surface area contributed by atoms with Gasteiger partial charge in [-0.15, -0.1) is 0 Å². The van der Waals surface area contributed by atoms with Gasteiger partial charge < -0.3 is 4.74 Å². The van der Waals surface area contributed by atoms with Crippen LogP contribution in [0.2, 0.25) is 0 Å². The number of hydrogen-bond acceptors (Lipinski definition) is 4. The van der Waals surface area contributed by atoms with E-state index in [1.807, 2.05) is 0 Å². The van der Waals surface area contributed by atoms with Crippen molar-refractivity contribution >= 4 is 18.1 Å². The van der Waals surface area contributed by atoms with Gasteiger partial charge in [-0.05, 0) is 42.8 Å². The Kier molecular flexibility index (Phi) is 5.63. The Morgan fingerprint density at radius 3 is 2.00 bits per heavy atom. The monoisotopic (exact) mass is 311 g/mol. The number of fused-ring (bicyclic) bond motifs is 1. The first-order valence-corrected chi connectivity index (χ1v) is 7.28. The molecule has 1 aliphatic rings. The Morgan fingerprint density at radius 1 is 0.957 bits per heavy atom. The highest BCUT2D eigenvalue weighted by molar-refractivity contribution is 6.21. The van der Waals surface area contributed by atoms with Gasteiger partial charge in [-0.2, -0.15) is 0 Å². The molecule has 0 aliphatic carbocycles. The largest absolute Gasteiger partial charge is 0.494 e. The summed E-state index contributed by atoms with van der Waals surface area (Å²) < 4.78 is 5.34. The fourth-order valence-electron chi connectivity index (χ4n) is 1.98. The molecule has 0 radical (unpaired) electrons. The molecular formula is C18H17NO4. The lowest BCUT2D eigenvalue weighted by Crippen LogP contribution is -2.19. The van der Waals surface area contributed by atoms with E-state index in [0.29, 0.717) is 16.7 Å². The summed E-state index contributed by atoms with van der Waals surface area (Å²) in [5, 5.41) is 2.20. The van der Waals surface area contributed by atoms with E-state index < -0.39 is 0 Å². The summed E-state index contributed by atoms with van der Waals surface area (Å²) in [6, 6.07) is 13.8. The van der Waals surface area contributed by atoms with Crippen LogP contribution in [-0.4, -0.2) is 24.7 Å². The number of carbonyl (C=O) groups is 3. The normalized spacial score (nSPS) is 11.9. The van der Waals surface area contributed by atoms with Gasteiger partial charge in [0, 0.05) is 5.56 Å². The van der Waals surface area contributed by atoms with Crippen molar-refractivity contribution in [2.75, 3.05) is 6.61 Å². The Morgan fingerprint density at radius 2 is 1.52 bits per heavy atom. The van der Waals surface area contributed by atoms with E-state index in [4.69, 9.17) is 4.74 Å². The topological polar surface area (TPSA) is 72.5 Å². The number of amides is 2. The van der Waals surface area contributed by atoms with Crippen LogP contribution >= 0.6 is 0 Å². The first-order chi connectivity index (χ1) is 11.2. The van der Waals surface area contributed by atoms with Gasteiger partial charge in [0.2, 0.25) is 0 Å². The molecule has 0 spiro atoms. The van der Waals surface area contributed by atoms with E-state index in [1.54, 1.807) is 48.5 Å². The van der Waals surface area contributed by atoms with E-state index >= 15 is 0 Å². The average molecular weight is 311 g/mol. The predicted octanol–water partition coefficient (Wildman–Crippen LogP) is 2.86. The Bertz CT molecular complexity index is 674. The third-order valence-corrected chi connectivity index (χ3v) is 3.13. The highest BCUT2D eigenvalue weighted by Crippen LogP contribution is 2.13. The van der Waals surface area contributed by atoms with Gasteiger partial charge in [0.25, 0.3) is 11.8 Å². The van der Waals surface area contributed by atoms with Gasteiger partial charge >= 0.3 is 0 Å². The summed E-state index contributed by atoms with van der Waals surface area (Å²) in [5.41, 5.74) is 1.62. The second kappa shape index (κ2) is 7.89. The third-order valence-electron chi connectivity index (χ3n) is 3.13. The molecule has 0 atom stereocenters. The molecule has 1 heterocycles. The Balaban J connectivity index is 0.000000167. The maximum atomic E-state index is 10.9. The van der Waals surface area contributed by atoms with Crippen LogP contribution in [-0.2, 0) is 0 Å². The van der Waals surface area contributed by atoms with Crippen LogP contribution in [0.25, 0.3) is 0 Å². The van der Waals surface area contributed by atoms with Crippen LogP contribution in [0.4, 0.5) is 0 Å². The fraction of sp³-hybridized carbons (Fsp3) is 0.167. The van der Waals surface area contributed by atoms with E-state index in [9.17, 15) is 14.4 Å². The number of benzene rings is 2. The molecule has 118 valence electrons. The van der Waals surface area contributed by atoms with Gasteiger partial charge in [0.05, 0.1) is 17.7 Å². The van der Waals surface area contributed by atoms with Crippen molar-refractivity contribution in [3.63, 3.8) is 0 Å². The molecule has 5 nitrogen and oxygen atoms in total. The summed E-state index contributed by atoms with van der Waals surface area (Å²) >= 11 is 0. The van der Waals surface area contributed by atoms with E-state index in [1.165, 1.54) is 0 Å². The quantitative estimate of drug-likeness (QED) is 0.696. The first kappa shape index (κ1) is 16.4. The maximum Gasteiger partial charge on any atom is 0.258 e. The van der Waals surface area contributed by atoms with Gasteiger partial charge in [-0.25, -0.2) is 0 Å². The van der Waals surface area contributed by atoms with Crippen molar-refractivity contribution in [3.05, 3.63) is 65.2 Å². The minimum atomic E-state index is -0.300. The molecule has 1 N–H and O–H groups in total. The number of carbonyl (C=O) groups excluding carboxylic acids is 3. The molecule has 1 aliphatic heterocycles. The van der Waals surface area contributed by atoms with Crippen molar-refractivity contribution in [2.45, 2.75) is 13.3 Å². The predicted molar refractivity (Wildman–Crippen MR) is 85.9 cm³/mol. The van der Waals surface area contributed by atoms with Crippen LogP contribution < -0.4 is 10.1 Å². The lowest BCUT2D eigenvalue weighted by atomic mass is 10.1. The molecule has 0 bridgehead atoms. The smallest absolute Gasteiger partial charge is 0.258 e. The number of imide groups is 1. The molecule has 0 saturated heterocycles. The van der Waals surface area contributed by atoms with Crippen molar-refractivity contribution in [1.82, 2.24) is 5.32 Å². The highest BCUT2D eigenvalue weighted by atomic mass is 16.5. The minimum Gasteiger partial charge on any atom is -0.494 e. The summed E-state index contributed by atoms with van der Waals surface area (Å²) in [7, 11) is 0. The minimum absolute atomic E-state index is 0.300. The summed E-state index contributed by atoms with van der Waals surface area (Å²) in [6.45, 7) is 2.78. The maximum absolute atomic E-state index is 10.9. The highest BCUT2D eigenvalue weighted by Gasteiger charge is 2.25. The molecule has 2 amide bonds. The lowest BCUT2D eigenvalue weighted by molar-refractivity contribution is 0.0879. The SMILES string of the molecule is CCCOc1ccc(C=O)cc1.O=C1NC(=O)c2ccccc21. The first-order valence-electron chi connectivity index (χ1n) is 7.28. The molecule has 0 aromatic heterocycles. The molecule has 3 rings (SSSR count). The molecule has 2 aromatic rings. The summed E-state index contributed by atoms with van der Waals surface area (Å²) in [6.07, 6.45) is 1.82. The zero-order chi connectivity index (χ0) is 16.7. The number of rotatable bonds is 4.